The summed E-state index contributed by atoms with van der Waals surface area (Å²) in [5, 5.41) is 14.2. The van der Waals surface area contributed by atoms with E-state index in [1.807, 2.05) is 38.3 Å². The summed E-state index contributed by atoms with van der Waals surface area (Å²) in [6.45, 7) is 3.82. The third-order valence-corrected chi connectivity index (χ3v) is 3.50. The van der Waals surface area contributed by atoms with Crippen molar-refractivity contribution in [2.24, 2.45) is 0 Å². The van der Waals surface area contributed by atoms with Crippen LogP contribution >= 0.6 is 11.8 Å². The van der Waals surface area contributed by atoms with Gasteiger partial charge in [-0.2, -0.15) is 11.8 Å². The van der Waals surface area contributed by atoms with Gasteiger partial charge in [0.1, 0.15) is 6.04 Å². The molecule has 0 spiro atoms. The Kier molecular flexibility index (Phi) is 6.38. The molecule has 6 heteroatoms. The monoisotopic (exact) mass is 296 g/mol. The van der Waals surface area contributed by atoms with Crippen LogP contribution in [0.15, 0.2) is 18.2 Å². The van der Waals surface area contributed by atoms with E-state index in [0.717, 1.165) is 11.1 Å². The van der Waals surface area contributed by atoms with Crippen LogP contribution in [0.4, 0.5) is 10.5 Å². The van der Waals surface area contributed by atoms with Gasteiger partial charge in [0.2, 0.25) is 0 Å². The van der Waals surface area contributed by atoms with Gasteiger partial charge in [0.15, 0.2) is 0 Å². The molecule has 20 heavy (non-hydrogen) atoms. The molecule has 0 aliphatic heterocycles. The predicted molar refractivity (Wildman–Crippen MR) is 82.5 cm³/mol. The van der Waals surface area contributed by atoms with Crippen LogP contribution in [-0.2, 0) is 4.79 Å². The quantitative estimate of drug-likeness (QED) is 0.754. The minimum absolute atomic E-state index is 0.400. The highest BCUT2D eigenvalue weighted by atomic mass is 32.2. The van der Waals surface area contributed by atoms with Gasteiger partial charge in [0, 0.05) is 5.69 Å². The normalized spacial score (nSPS) is 11.8. The predicted octanol–water partition coefficient (Wildman–Crippen LogP) is 2.63. The molecule has 1 atom stereocenters. The summed E-state index contributed by atoms with van der Waals surface area (Å²) in [6.07, 6.45) is 2.30. The lowest BCUT2D eigenvalue weighted by atomic mass is 10.1. The van der Waals surface area contributed by atoms with E-state index in [4.69, 9.17) is 5.11 Å². The number of hydrogen-bond donors (Lipinski definition) is 3. The first kappa shape index (κ1) is 16.4. The zero-order valence-corrected chi connectivity index (χ0v) is 12.7. The van der Waals surface area contributed by atoms with Crippen molar-refractivity contribution in [2.45, 2.75) is 26.3 Å². The topological polar surface area (TPSA) is 78.4 Å². The number of hydrogen-bond acceptors (Lipinski definition) is 3. The largest absolute Gasteiger partial charge is 0.480 e. The number of aryl methyl sites for hydroxylation is 2. The van der Waals surface area contributed by atoms with Gasteiger partial charge in [-0.05, 0) is 49.5 Å². The number of nitrogens with one attached hydrogen (secondary N) is 2. The maximum atomic E-state index is 11.9. The Morgan fingerprint density at radius 1 is 1.35 bits per heavy atom. The van der Waals surface area contributed by atoms with Crippen LogP contribution in [-0.4, -0.2) is 35.2 Å². The molecule has 1 rings (SSSR count). The van der Waals surface area contributed by atoms with Gasteiger partial charge < -0.3 is 15.7 Å². The Labute approximate surface area is 123 Å². The van der Waals surface area contributed by atoms with Crippen molar-refractivity contribution in [1.29, 1.82) is 0 Å². The van der Waals surface area contributed by atoms with Crippen molar-refractivity contribution in [3.63, 3.8) is 0 Å². The number of carboxylic acid groups (broad SMARTS) is 1. The first-order valence-corrected chi connectivity index (χ1v) is 7.70. The SMILES string of the molecule is CSCCC(NC(=O)Nc1cc(C)ccc1C)C(=O)O. The maximum absolute atomic E-state index is 11.9. The number of carbonyl (C=O) groups is 2. The first-order chi connectivity index (χ1) is 9.43. The molecule has 2 amide bonds. The molecule has 1 aromatic rings. The van der Waals surface area contributed by atoms with Gasteiger partial charge >= 0.3 is 12.0 Å². The third-order valence-electron chi connectivity index (χ3n) is 2.86. The molecule has 0 aromatic heterocycles. The zero-order chi connectivity index (χ0) is 15.1. The van der Waals surface area contributed by atoms with Crippen molar-refractivity contribution < 1.29 is 14.7 Å². The van der Waals surface area contributed by atoms with Crippen molar-refractivity contribution in [3.8, 4) is 0 Å². The number of carboxylic acids is 1. The van der Waals surface area contributed by atoms with Crippen LogP contribution in [0.1, 0.15) is 17.5 Å². The van der Waals surface area contributed by atoms with Crippen molar-refractivity contribution in [2.75, 3.05) is 17.3 Å². The minimum atomic E-state index is -1.02. The molecule has 0 fully saturated rings. The van der Waals surface area contributed by atoms with Crippen LogP contribution in [0.3, 0.4) is 0 Å². The van der Waals surface area contributed by atoms with E-state index in [1.165, 1.54) is 0 Å². The van der Waals surface area contributed by atoms with Gasteiger partial charge in [0.05, 0.1) is 0 Å². The maximum Gasteiger partial charge on any atom is 0.326 e. The summed E-state index contributed by atoms with van der Waals surface area (Å²) in [7, 11) is 0. The molecule has 5 nitrogen and oxygen atoms in total. The smallest absolute Gasteiger partial charge is 0.326 e. The van der Waals surface area contributed by atoms with Gasteiger partial charge in [-0.3, -0.25) is 0 Å². The Balaban J connectivity index is 2.65. The van der Waals surface area contributed by atoms with Crippen LogP contribution in [0, 0.1) is 13.8 Å². The Bertz CT molecular complexity index is 491. The second-order valence-corrected chi connectivity index (χ2v) is 5.57. The highest BCUT2D eigenvalue weighted by Crippen LogP contribution is 2.16. The third kappa shape index (κ3) is 5.13. The van der Waals surface area contributed by atoms with Crippen molar-refractivity contribution in [3.05, 3.63) is 29.3 Å². The summed E-state index contributed by atoms with van der Waals surface area (Å²) >= 11 is 1.55. The fourth-order valence-corrected chi connectivity index (χ4v) is 2.15. The standard InChI is InChI=1S/C14H20N2O3S/c1-9-4-5-10(2)12(8-9)16-14(19)15-11(13(17)18)6-7-20-3/h4-5,8,11H,6-7H2,1-3H3,(H,17,18)(H2,15,16,19). The highest BCUT2D eigenvalue weighted by Gasteiger charge is 2.19. The number of benzene rings is 1. The number of anilines is 1. The fourth-order valence-electron chi connectivity index (χ4n) is 1.68. The molecule has 110 valence electrons. The molecule has 3 N–H and O–H groups in total. The van der Waals surface area contributed by atoms with E-state index < -0.39 is 18.0 Å². The van der Waals surface area contributed by atoms with Crippen LogP contribution < -0.4 is 10.6 Å². The van der Waals surface area contributed by atoms with Gasteiger partial charge in [-0.15, -0.1) is 0 Å². The highest BCUT2D eigenvalue weighted by molar-refractivity contribution is 7.98. The summed E-state index contributed by atoms with van der Waals surface area (Å²) in [5.41, 5.74) is 2.65. The Morgan fingerprint density at radius 2 is 2.05 bits per heavy atom. The molecule has 0 bridgehead atoms. The van der Waals surface area contributed by atoms with E-state index in [1.54, 1.807) is 11.8 Å². The molecular weight excluding hydrogens is 276 g/mol. The second-order valence-electron chi connectivity index (χ2n) is 4.59. The summed E-state index contributed by atoms with van der Waals surface area (Å²) < 4.78 is 0. The lowest BCUT2D eigenvalue weighted by Gasteiger charge is -2.15. The van der Waals surface area contributed by atoms with E-state index in [0.29, 0.717) is 17.9 Å². The number of aliphatic carboxylic acids is 1. The number of urea groups is 1. The lowest BCUT2D eigenvalue weighted by Crippen LogP contribution is -2.43. The molecule has 0 heterocycles. The second kappa shape index (κ2) is 7.79. The van der Waals surface area contributed by atoms with E-state index in [-0.39, 0.29) is 0 Å². The van der Waals surface area contributed by atoms with Gasteiger partial charge in [0.25, 0.3) is 0 Å². The van der Waals surface area contributed by atoms with Gasteiger partial charge in [-0.1, -0.05) is 12.1 Å². The number of thioether (sulfide) groups is 1. The minimum Gasteiger partial charge on any atom is -0.480 e. The molecular formula is C14H20N2O3S. The van der Waals surface area contributed by atoms with Crippen molar-refractivity contribution in [1.82, 2.24) is 5.32 Å². The van der Waals surface area contributed by atoms with Crippen LogP contribution in [0.5, 0.6) is 0 Å². The number of amides is 2. The van der Waals surface area contributed by atoms with Crippen molar-refractivity contribution >= 4 is 29.4 Å². The molecule has 1 unspecified atom stereocenters. The van der Waals surface area contributed by atoms with Crippen LogP contribution in [0.2, 0.25) is 0 Å². The average Bonchev–Trinajstić information content (AvgIpc) is 2.38. The van der Waals surface area contributed by atoms with E-state index in [9.17, 15) is 9.59 Å². The molecule has 0 aliphatic rings. The Morgan fingerprint density at radius 3 is 2.65 bits per heavy atom. The fraction of sp³-hybridized carbons (Fsp3) is 0.429. The lowest BCUT2D eigenvalue weighted by molar-refractivity contribution is -0.139. The summed E-state index contributed by atoms with van der Waals surface area (Å²) in [6, 6.07) is 4.36. The zero-order valence-electron chi connectivity index (χ0n) is 11.9. The number of rotatable bonds is 6. The molecule has 0 saturated heterocycles. The molecule has 1 aromatic carbocycles. The molecule has 0 aliphatic carbocycles. The molecule has 0 radical (unpaired) electrons. The summed E-state index contributed by atoms with van der Waals surface area (Å²) in [4.78, 5) is 22.9. The molecule has 0 saturated carbocycles. The Hall–Kier alpha value is -1.69. The van der Waals surface area contributed by atoms with E-state index >= 15 is 0 Å². The van der Waals surface area contributed by atoms with E-state index in [2.05, 4.69) is 10.6 Å². The number of carbonyl (C=O) groups excluding carboxylic acids is 1. The van der Waals surface area contributed by atoms with Crippen LogP contribution in [0.25, 0.3) is 0 Å². The summed E-state index contributed by atoms with van der Waals surface area (Å²) in [5.74, 6) is -0.337. The first-order valence-electron chi connectivity index (χ1n) is 6.30. The van der Waals surface area contributed by atoms with Gasteiger partial charge in [-0.25, -0.2) is 9.59 Å². The average molecular weight is 296 g/mol.